The third kappa shape index (κ3) is 9.67. The molecule has 0 unspecified atom stereocenters. The summed E-state index contributed by atoms with van der Waals surface area (Å²) < 4.78 is 44.1. The van der Waals surface area contributed by atoms with E-state index in [0.717, 1.165) is 36.1 Å². The summed E-state index contributed by atoms with van der Waals surface area (Å²) in [6.07, 6.45) is -0.418. The molecule has 2 rings (SSSR count). The monoisotopic (exact) mass is 515 g/mol. The van der Waals surface area contributed by atoms with Crippen molar-refractivity contribution in [3.63, 3.8) is 0 Å². The molecule has 0 saturated carbocycles. The summed E-state index contributed by atoms with van der Waals surface area (Å²) in [5.74, 6) is 5.23. The Bertz CT molecular complexity index is 1100. The van der Waals surface area contributed by atoms with Gasteiger partial charge >= 0.3 is 6.18 Å². The minimum Gasteiger partial charge on any atom is -0.497 e. The minimum absolute atomic E-state index is 0.0117. The molecule has 0 N–H and O–H groups in total. The van der Waals surface area contributed by atoms with E-state index >= 15 is 0 Å². The molecule has 0 saturated heterocycles. The molecule has 0 radical (unpaired) electrons. The van der Waals surface area contributed by atoms with Crippen LogP contribution in [0.25, 0.3) is 0 Å². The lowest BCUT2D eigenvalue weighted by Crippen LogP contribution is -2.47. The molecule has 0 amide bonds. The number of halogens is 3. The van der Waals surface area contributed by atoms with E-state index in [1.807, 2.05) is 24.3 Å². The first-order valence-corrected chi connectivity index (χ1v) is 15.3. The van der Waals surface area contributed by atoms with Gasteiger partial charge in [-0.25, -0.2) is 0 Å². The number of Topliss-reactive ketones (excluding diaryl/α,β-unsaturated/α-hetero) is 1. The van der Waals surface area contributed by atoms with Crippen LogP contribution in [0.4, 0.5) is 13.2 Å². The van der Waals surface area contributed by atoms with Crippen LogP contribution in [0, 0.1) is 17.3 Å². The van der Waals surface area contributed by atoms with E-state index in [1.165, 1.54) is 12.1 Å². The Kier molecular flexibility index (Phi) is 10.1. The number of rotatable bonds is 10. The van der Waals surface area contributed by atoms with Crippen LogP contribution in [0.1, 0.15) is 43.6 Å². The van der Waals surface area contributed by atoms with Crippen LogP contribution < -0.4 is 9.92 Å². The van der Waals surface area contributed by atoms with E-state index in [9.17, 15) is 18.0 Å². The van der Waals surface area contributed by atoms with Gasteiger partial charge in [0.15, 0.2) is 0 Å². The third-order valence-corrected chi connectivity index (χ3v) is 8.31. The van der Waals surface area contributed by atoms with Crippen LogP contribution in [0.2, 0.25) is 13.1 Å². The van der Waals surface area contributed by atoms with Crippen molar-refractivity contribution >= 4 is 19.0 Å². The van der Waals surface area contributed by atoms with Crippen molar-refractivity contribution in [3.8, 4) is 17.6 Å². The first-order chi connectivity index (χ1) is 16.7. The van der Waals surface area contributed by atoms with Gasteiger partial charge in [0.05, 0.1) is 6.23 Å². The van der Waals surface area contributed by atoms with Gasteiger partial charge in [-0.1, -0.05) is 79.5 Å². The molecule has 0 bridgehead atoms. The Morgan fingerprint density at radius 3 is 2.33 bits per heavy atom. The molecule has 0 spiro atoms. The van der Waals surface area contributed by atoms with Crippen molar-refractivity contribution in [1.82, 2.24) is 4.90 Å². The number of benzene rings is 2. The Morgan fingerprint density at radius 2 is 1.75 bits per heavy atom. The number of carbonyl (C=O) groups is 1. The van der Waals surface area contributed by atoms with Crippen molar-refractivity contribution in [2.24, 2.45) is 5.41 Å². The van der Waals surface area contributed by atoms with E-state index in [4.69, 9.17) is 4.74 Å². The third-order valence-electron chi connectivity index (χ3n) is 5.55. The van der Waals surface area contributed by atoms with E-state index in [-0.39, 0.29) is 11.0 Å². The zero-order valence-corrected chi connectivity index (χ0v) is 23.0. The van der Waals surface area contributed by atoms with Gasteiger partial charge in [0.2, 0.25) is 0 Å². The molecule has 7 heteroatoms. The number of ketones is 1. The van der Waals surface area contributed by atoms with Gasteiger partial charge in [-0.15, -0.1) is 0 Å². The molecular weight excluding hydrogens is 479 g/mol. The van der Waals surface area contributed by atoms with Crippen LogP contribution in [0.3, 0.4) is 0 Å². The van der Waals surface area contributed by atoms with Gasteiger partial charge in [-0.2, -0.15) is 13.2 Å². The van der Waals surface area contributed by atoms with Crippen LogP contribution in [0.5, 0.6) is 5.75 Å². The van der Waals surface area contributed by atoms with Gasteiger partial charge in [-0.3, -0.25) is 9.69 Å². The molecule has 0 aliphatic rings. The molecule has 0 heterocycles. The van der Waals surface area contributed by atoms with Crippen molar-refractivity contribution < 1.29 is 22.7 Å². The second-order valence-electron chi connectivity index (χ2n) is 10.5. The molecule has 36 heavy (non-hydrogen) atoms. The number of ether oxygens (including phenoxy) is 1. The minimum atomic E-state index is -4.87. The summed E-state index contributed by atoms with van der Waals surface area (Å²) in [5.41, 5.74) is 0.779. The highest BCUT2D eigenvalue weighted by Crippen LogP contribution is 2.22. The smallest absolute Gasteiger partial charge is 0.454 e. The predicted molar refractivity (Wildman–Crippen MR) is 143 cm³/mol. The molecule has 2 aromatic rings. The van der Waals surface area contributed by atoms with Crippen LogP contribution in [-0.2, 0) is 6.54 Å². The summed E-state index contributed by atoms with van der Waals surface area (Å²) in [4.78, 5) is 13.7. The molecule has 0 fully saturated rings. The zero-order valence-electron chi connectivity index (χ0n) is 22.0. The van der Waals surface area contributed by atoms with Crippen molar-refractivity contribution in [1.29, 1.82) is 0 Å². The van der Waals surface area contributed by atoms with E-state index in [2.05, 4.69) is 69.7 Å². The quantitative estimate of drug-likeness (QED) is 0.209. The van der Waals surface area contributed by atoms with E-state index in [1.54, 1.807) is 12.1 Å². The molecule has 3 nitrogen and oxygen atoms in total. The molecule has 0 aromatic heterocycles. The number of allylic oxidation sites excluding steroid dienone is 1. The fourth-order valence-electron chi connectivity index (χ4n) is 3.40. The second-order valence-corrected chi connectivity index (χ2v) is 15.1. The normalized spacial score (nSPS) is 12.5. The average molecular weight is 516 g/mol. The second kappa shape index (κ2) is 12.4. The Labute approximate surface area is 214 Å². The number of alkyl halides is 3. The summed E-state index contributed by atoms with van der Waals surface area (Å²) in [5, 5.41) is 0.927. The molecule has 0 aliphatic heterocycles. The highest BCUT2D eigenvalue weighted by atomic mass is 28.3. The molecule has 0 atom stereocenters. The number of nitrogens with zero attached hydrogens (tertiary/aromatic N) is 1. The lowest BCUT2D eigenvalue weighted by Gasteiger charge is -2.24. The first-order valence-electron chi connectivity index (χ1n) is 12.0. The SMILES string of the molecule is CCN(C/C=C/C#CC(C)(C)C)Cc1cccc(OC[Si](C)(C)c2ccc(C(=O)C(F)(F)F)cc2)c1. The number of carbonyl (C=O) groups excluding carboxylic acids is 1. The first kappa shape index (κ1) is 29.4. The maximum atomic E-state index is 12.7. The molecular formula is C29H36F3NO2Si. The van der Waals surface area contributed by atoms with E-state index in [0.29, 0.717) is 6.23 Å². The molecule has 2 aromatic carbocycles. The van der Waals surface area contributed by atoms with Gasteiger partial charge in [0.25, 0.3) is 5.78 Å². The Hall–Kier alpha value is -2.82. The zero-order chi connectivity index (χ0) is 27.0. The van der Waals surface area contributed by atoms with Gasteiger partial charge < -0.3 is 4.74 Å². The number of hydrogen-bond acceptors (Lipinski definition) is 3. The van der Waals surface area contributed by atoms with Crippen molar-refractivity contribution in [3.05, 3.63) is 71.8 Å². The van der Waals surface area contributed by atoms with Crippen molar-refractivity contribution in [2.45, 2.75) is 53.5 Å². The summed E-state index contributed by atoms with van der Waals surface area (Å²) in [6.45, 7) is 15.0. The summed E-state index contributed by atoms with van der Waals surface area (Å²) >= 11 is 0. The van der Waals surface area contributed by atoms with Crippen molar-refractivity contribution in [2.75, 3.05) is 19.3 Å². The Morgan fingerprint density at radius 1 is 1.08 bits per heavy atom. The Balaban J connectivity index is 1.99. The van der Waals surface area contributed by atoms with Crippen LogP contribution >= 0.6 is 0 Å². The average Bonchev–Trinajstić information content (AvgIpc) is 2.80. The lowest BCUT2D eigenvalue weighted by atomic mass is 9.98. The summed E-state index contributed by atoms with van der Waals surface area (Å²) in [6, 6.07) is 13.7. The highest BCUT2D eigenvalue weighted by molar-refractivity contribution is 6.89. The van der Waals surface area contributed by atoms with Crippen LogP contribution in [0.15, 0.2) is 60.7 Å². The maximum absolute atomic E-state index is 12.7. The number of hydrogen-bond donors (Lipinski definition) is 0. The fraction of sp³-hybridized carbons (Fsp3) is 0.414. The predicted octanol–water partition coefficient (Wildman–Crippen LogP) is 6.39. The van der Waals surface area contributed by atoms with Gasteiger partial charge in [-0.05, 0) is 51.1 Å². The van der Waals surface area contributed by atoms with E-state index < -0.39 is 20.0 Å². The largest absolute Gasteiger partial charge is 0.497 e. The molecule has 194 valence electrons. The van der Waals surface area contributed by atoms with Gasteiger partial charge in [0.1, 0.15) is 13.8 Å². The topological polar surface area (TPSA) is 29.5 Å². The standard InChI is InChI=1S/C29H36F3NO2Si/c1-7-33(19-10-8-9-18-28(2,3)4)21-23-12-11-13-25(20-23)35-22-36(5,6)26-16-14-24(15-17-26)27(34)29(30,31)32/h8,10-17,20H,7,19,21-22H2,1-6H3/b10-8+. The number of likely N-dealkylation sites (N-methyl/N-ethyl adjacent to an activating group) is 1. The van der Waals surface area contributed by atoms with Crippen LogP contribution in [-0.4, -0.2) is 44.3 Å². The summed E-state index contributed by atoms with van der Waals surface area (Å²) in [7, 11) is -2.11. The van der Waals surface area contributed by atoms with Gasteiger partial charge in [0, 0.05) is 24.1 Å². The fourth-order valence-corrected chi connectivity index (χ4v) is 5.16. The lowest BCUT2D eigenvalue weighted by molar-refractivity contribution is -0.0885. The highest BCUT2D eigenvalue weighted by Gasteiger charge is 2.39. The molecule has 0 aliphatic carbocycles. The maximum Gasteiger partial charge on any atom is 0.454 e.